The number of methoxy groups -OCH3 is 1. The molecule has 0 fully saturated rings. The fourth-order valence-corrected chi connectivity index (χ4v) is 1.32. The summed E-state index contributed by atoms with van der Waals surface area (Å²) in [5.41, 5.74) is 0.496. The molecule has 0 bridgehead atoms. The van der Waals surface area contributed by atoms with Crippen molar-refractivity contribution in [2.24, 2.45) is 0 Å². The van der Waals surface area contributed by atoms with E-state index < -0.39 is 19.3 Å². The minimum Gasteiger partial charge on any atom is -0.384 e. The zero-order valence-electron chi connectivity index (χ0n) is 8.81. The number of hydrogen-bond donors (Lipinski definition) is 2. The van der Waals surface area contributed by atoms with Gasteiger partial charge >= 0.3 is 0 Å². The van der Waals surface area contributed by atoms with E-state index in [-0.39, 0.29) is 5.56 Å². The van der Waals surface area contributed by atoms with Crippen molar-refractivity contribution in [3.05, 3.63) is 17.5 Å². The lowest BCUT2D eigenvalue weighted by Gasteiger charge is -2.02. The third-order valence-corrected chi connectivity index (χ3v) is 2.02. The lowest BCUT2D eigenvalue weighted by atomic mass is 10.2. The van der Waals surface area contributed by atoms with Gasteiger partial charge in [0.2, 0.25) is 0 Å². The molecule has 16 heavy (non-hydrogen) atoms. The van der Waals surface area contributed by atoms with E-state index in [2.05, 4.69) is 5.10 Å². The molecule has 92 valence electrons. The van der Waals surface area contributed by atoms with Crippen LogP contribution in [-0.4, -0.2) is 40.1 Å². The third-order valence-electron chi connectivity index (χ3n) is 2.02. The van der Waals surface area contributed by atoms with Crippen molar-refractivity contribution >= 4 is 0 Å². The molecular weight excluding hydrogens is 222 g/mol. The molecule has 0 aromatic carbocycles. The van der Waals surface area contributed by atoms with E-state index in [1.165, 1.54) is 13.3 Å². The predicted molar refractivity (Wildman–Crippen MR) is 51.0 cm³/mol. The minimum atomic E-state index is -2.53. The van der Waals surface area contributed by atoms with Crippen molar-refractivity contribution in [2.75, 3.05) is 13.7 Å². The van der Waals surface area contributed by atoms with Crippen molar-refractivity contribution < 1.29 is 23.7 Å². The number of halogens is 2. The van der Waals surface area contributed by atoms with E-state index in [1.807, 2.05) is 0 Å². The highest BCUT2D eigenvalue weighted by molar-refractivity contribution is 5.18. The van der Waals surface area contributed by atoms with Gasteiger partial charge in [0.05, 0.1) is 12.3 Å². The van der Waals surface area contributed by atoms with Crippen LogP contribution in [0, 0.1) is 0 Å². The molecular formula is C9H14F2N2O3. The maximum atomic E-state index is 12.1. The normalized spacial score (nSPS) is 11.7. The minimum absolute atomic E-state index is 0.137. The Labute approximate surface area is 91.3 Å². The number of aliphatic hydroxyl groups excluding tert-OH is 1. The van der Waals surface area contributed by atoms with Crippen LogP contribution in [0.5, 0.6) is 0 Å². The summed E-state index contributed by atoms with van der Waals surface area (Å²) < 4.78 is 30.0. The quantitative estimate of drug-likeness (QED) is 0.698. The first-order chi connectivity index (χ1) is 7.54. The molecule has 5 nitrogen and oxygen atoms in total. The van der Waals surface area contributed by atoms with Crippen LogP contribution >= 0.6 is 0 Å². The van der Waals surface area contributed by atoms with Crippen LogP contribution < -0.4 is 0 Å². The highest BCUT2D eigenvalue weighted by Gasteiger charge is 2.16. The fraction of sp³-hybridized carbons (Fsp3) is 0.667. The Bertz CT molecular complexity index is 329. The molecule has 0 aliphatic heterocycles. The maximum Gasteiger partial charge on any atom is 0.257 e. The Morgan fingerprint density at radius 3 is 2.69 bits per heavy atom. The smallest absolute Gasteiger partial charge is 0.257 e. The van der Waals surface area contributed by atoms with E-state index in [4.69, 9.17) is 14.9 Å². The number of alkyl halides is 2. The van der Waals surface area contributed by atoms with Gasteiger partial charge in [0.15, 0.2) is 6.29 Å². The van der Waals surface area contributed by atoms with Crippen molar-refractivity contribution in [2.45, 2.75) is 25.7 Å². The topological polar surface area (TPSA) is 67.5 Å². The van der Waals surface area contributed by atoms with Gasteiger partial charge in [-0.25, -0.2) is 8.78 Å². The van der Waals surface area contributed by atoms with Crippen molar-refractivity contribution in [3.63, 3.8) is 0 Å². The molecule has 0 saturated carbocycles. The molecule has 0 unspecified atom stereocenters. The molecule has 0 spiro atoms. The largest absolute Gasteiger partial charge is 0.384 e. The SMILES string of the molecule is COCCc1nn(CC(F)F)cc1C(O)O. The van der Waals surface area contributed by atoms with E-state index in [1.54, 1.807) is 0 Å². The van der Waals surface area contributed by atoms with E-state index in [0.29, 0.717) is 18.7 Å². The van der Waals surface area contributed by atoms with Crippen molar-refractivity contribution in [1.29, 1.82) is 0 Å². The number of rotatable bonds is 6. The highest BCUT2D eigenvalue weighted by Crippen LogP contribution is 2.16. The van der Waals surface area contributed by atoms with Crippen molar-refractivity contribution in [1.82, 2.24) is 9.78 Å². The van der Waals surface area contributed by atoms with Crippen LogP contribution in [-0.2, 0) is 17.7 Å². The lowest BCUT2D eigenvalue weighted by Crippen LogP contribution is -2.07. The van der Waals surface area contributed by atoms with Gasteiger partial charge < -0.3 is 14.9 Å². The number of nitrogens with zero attached hydrogens (tertiary/aromatic N) is 2. The number of hydrogen-bond acceptors (Lipinski definition) is 4. The molecule has 1 heterocycles. The molecule has 0 aliphatic carbocycles. The second-order valence-corrected chi connectivity index (χ2v) is 3.26. The van der Waals surface area contributed by atoms with E-state index in [9.17, 15) is 8.78 Å². The Kier molecular flexibility index (Phi) is 4.78. The fourth-order valence-electron chi connectivity index (χ4n) is 1.32. The molecule has 0 radical (unpaired) electrons. The Morgan fingerprint density at radius 2 is 2.19 bits per heavy atom. The van der Waals surface area contributed by atoms with Gasteiger partial charge in [0.25, 0.3) is 6.43 Å². The number of ether oxygens (including phenoxy) is 1. The van der Waals surface area contributed by atoms with Gasteiger partial charge in [0.1, 0.15) is 6.54 Å². The van der Waals surface area contributed by atoms with Gasteiger partial charge in [0, 0.05) is 25.3 Å². The Hall–Kier alpha value is -1.05. The summed E-state index contributed by atoms with van der Waals surface area (Å²) in [6, 6.07) is 0. The Morgan fingerprint density at radius 1 is 1.50 bits per heavy atom. The van der Waals surface area contributed by atoms with Crippen LogP contribution in [0.15, 0.2) is 6.20 Å². The van der Waals surface area contributed by atoms with Crippen LogP contribution in [0.1, 0.15) is 17.5 Å². The standard InChI is InChI=1S/C9H14F2N2O3/c1-16-3-2-7-6(9(14)15)4-13(12-7)5-8(10)11/h4,8-9,14-15H,2-3,5H2,1H3. The average molecular weight is 236 g/mol. The zero-order chi connectivity index (χ0) is 12.1. The van der Waals surface area contributed by atoms with Gasteiger partial charge in [-0.3, -0.25) is 4.68 Å². The maximum absolute atomic E-state index is 12.1. The molecule has 1 aromatic heterocycles. The molecule has 0 atom stereocenters. The number of aromatic nitrogens is 2. The molecule has 7 heteroatoms. The molecule has 0 aliphatic rings. The Balaban J connectivity index is 2.82. The molecule has 0 amide bonds. The van der Waals surface area contributed by atoms with Gasteiger partial charge in [-0.05, 0) is 0 Å². The van der Waals surface area contributed by atoms with E-state index >= 15 is 0 Å². The van der Waals surface area contributed by atoms with Gasteiger partial charge in [-0.2, -0.15) is 5.10 Å². The first kappa shape index (κ1) is 13.0. The molecule has 1 aromatic rings. The summed E-state index contributed by atoms with van der Waals surface area (Å²) in [7, 11) is 1.49. The second-order valence-electron chi connectivity index (χ2n) is 3.26. The highest BCUT2D eigenvalue weighted by atomic mass is 19.3. The summed E-state index contributed by atoms with van der Waals surface area (Å²) in [6.45, 7) is -0.224. The monoisotopic (exact) mass is 236 g/mol. The van der Waals surface area contributed by atoms with Crippen LogP contribution in [0.3, 0.4) is 0 Å². The first-order valence-corrected chi connectivity index (χ1v) is 4.74. The predicted octanol–water partition coefficient (Wildman–Crippen LogP) is 0.320. The van der Waals surface area contributed by atoms with Gasteiger partial charge in [-0.1, -0.05) is 0 Å². The lowest BCUT2D eigenvalue weighted by molar-refractivity contribution is -0.0433. The third kappa shape index (κ3) is 3.51. The zero-order valence-corrected chi connectivity index (χ0v) is 8.81. The number of aliphatic hydroxyl groups is 2. The second kappa shape index (κ2) is 5.88. The molecule has 0 saturated heterocycles. The van der Waals surface area contributed by atoms with Crippen LogP contribution in [0.4, 0.5) is 8.78 Å². The molecule has 2 N–H and O–H groups in total. The first-order valence-electron chi connectivity index (χ1n) is 4.74. The van der Waals surface area contributed by atoms with Crippen LogP contribution in [0.25, 0.3) is 0 Å². The summed E-state index contributed by atoms with van der Waals surface area (Å²) in [5, 5.41) is 21.9. The summed E-state index contributed by atoms with van der Waals surface area (Å²) >= 11 is 0. The summed E-state index contributed by atoms with van der Waals surface area (Å²) in [5.74, 6) is 0. The van der Waals surface area contributed by atoms with E-state index in [0.717, 1.165) is 4.68 Å². The average Bonchev–Trinajstić information content (AvgIpc) is 2.57. The van der Waals surface area contributed by atoms with Crippen LogP contribution in [0.2, 0.25) is 0 Å². The van der Waals surface area contributed by atoms with Gasteiger partial charge in [-0.15, -0.1) is 0 Å². The molecule has 1 rings (SSSR count). The summed E-state index contributed by atoms with van der Waals surface area (Å²) in [6.07, 6.45) is -2.68. The summed E-state index contributed by atoms with van der Waals surface area (Å²) in [4.78, 5) is 0. The van der Waals surface area contributed by atoms with Crippen molar-refractivity contribution in [3.8, 4) is 0 Å².